The number of carbonyl (C=O) groups excluding carboxylic acids is 4. The number of ether oxygens (including phenoxy) is 1. The van der Waals surface area contributed by atoms with Crippen molar-refractivity contribution in [1.82, 2.24) is 0 Å². The zero-order valence-corrected chi connectivity index (χ0v) is 23.8. The highest BCUT2D eigenvalue weighted by Crippen LogP contribution is 2.66. The van der Waals surface area contributed by atoms with Gasteiger partial charge in [-0.1, -0.05) is 36.4 Å². The van der Waals surface area contributed by atoms with Gasteiger partial charge < -0.3 is 9.64 Å². The minimum absolute atomic E-state index is 0.229. The maximum absolute atomic E-state index is 14.7. The van der Waals surface area contributed by atoms with Crippen LogP contribution in [-0.4, -0.2) is 36.6 Å². The zero-order chi connectivity index (χ0) is 27.7. The molecule has 1 aliphatic heterocycles. The molecule has 1 aromatic carbocycles. The van der Waals surface area contributed by atoms with Crippen LogP contribution < -0.4 is 4.90 Å². The number of nitrogens with zero attached hydrogens (tertiary/aromatic N) is 1. The fourth-order valence-corrected chi connectivity index (χ4v) is 8.94. The van der Waals surface area contributed by atoms with Gasteiger partial charge >= 0.3 is 5.97 Å². The average Bonchev–Trinajstić information content (AvgIpc) is 3.69. The van der Waals surface area contributed by atoms with Gasteiger partial charge in [-0.15, -0.1) is 22.7 Å². The minimum Gasteiger partial charge on any atom is -0.459 e. The van der Waals surface area contributed by atoms with Crippen molar-refractivity contribution in [2.24, 2.45) is 17.8 Å². The van der Waals surface area contributed by atoms with Crippen LogP contribution in [0, 0.1) is 17.8 Å². The summed E-state index contributed by atoms with van der Waals surface area (Å²) in [6, 6.07) is 15.1. The Morgan fingerprint density at radius 1 is 1.00 bits per heavy atom. The summed E-state index contributed by atoms with van der Waals surface area (Å²) in [5.41, 5.74) is -0.244. The number of hydrogen-bond acceptors (Lipinski definition) is 7. The highest BCUT2D eigenvalue weighted by atomic mass is 32.1. The lowest BCUT2D eigenvalue weighted by molar-refractivity contribution is -0.162. The first kappa shape index (κ1) is 25.9. The minimum atomic E-state index is -1.37. The number of thiophene rings is 2. The van der Waals surface area contributed by atoms with Gasteiger partial charge in [0.25, 0.3) is 0 Å². The van der Waals surface area contributed by atoms with Gasteiger partial charge in [-0.2, -0.15) is 0 Å². The molecule has 6 rings (SSSR count). The van der Waals surface area contributed by atoms with Gasteiger partial charge in [0.2, 0.25) is 5.91 Å². The smallest absolute Gasteiger partial charge is 0.317 e. The van der Waals surface area contributed by atoms with E-state index in [1.165, 1.54) is 22.7 Å². The molecule has 3 aliphatic rings. The predicted molar refractivity (Wildman–Crippen MR) is 151 cm³/mol. The highest BCUT2D eigenvalue weighted by Gasteiger charge is 2.71. The molecule has 0 bridgehead atoms. The van der Waals surface area contributed by atoms with Crippen LogP contribution in [0.1, 0.15) is 47.9 Å². The van der Waals surface area contributed by atoms with Gasteiger partial charge in [0, 0.05) is 40.2 Å². The molecule has 0 saturated heterocycles. The number of hydrogen-bond donors (Lipinski definition) is 0. The van der Waals surface area contributed by atoms with E-state index in [4.69, 9.17) is 4.74 Å². The van der Waals surface area contributed by atoms with E-state index in [1.54, 1.807) is 32.7 Å². The number of aldehydes is 1. The Morgan fingerprint density at radius 3 is 2.28 bits per heavy atom. The Bertz CT molecular complexity index is 1500. The maximum atomic E-state index is 14.7. The number of allylic oxidation sites excluding steroid dienone is 2. The summed E-state index contributed by atoms with van der Waals surface area (Å²) in [5.74, 6) is -4.78. The van der Waals surface area contributed by atoms with Crippen LogP contribution in [0.15, 0.2) is 70.9 Å². The fraction of sp³-hybridized carbons (Fsp3) is 0.355. The molecule has 6 atom stereocenters. The summed E-state index contributed by atoms with van der Waals surface area (Å²) in [5, 5.41) is 3.83. The van der Waals surface area contributed by atoms with Crippen molar-refractivity contribution in [2.75, 3.05) is 11.9 Å². The maximum Gasteiger partial charge on any atom is 0.317 e. The molecule has 3 aromatic rings. The van der Waals surface area contributed by atoms with Crippen molar-refractivity contribution in [3.05, 3.63) is 86.3 Å². The Balaban J connectivity index is 1.66. The number of para-hydroxylation sites is 1. The largest absolute Gasteiger partial charge is 0.459 e. The quantitative estimate of drug-likeness (QED) is 0.240. The lowest BCUT2D eigenvalue weighted by Crippen LogP contribution is -2.55. The molecule has 0 unspecified atom stereocenters. The second kappa shape index (κ2) is 9.10. The fourth-order valence-electron chi connectivity index (χ4n) is 7.09. The van der Waals surface area contributed by atoms with E-state index in [-0.39, 0.29) is 11.7 Å². The SMILES string of the molecule is CN1C(=O)[C@]2(c3ccccc31)[C@@H]1C(=O)[C@@H](C(=O)OC(C)(C)C)[C@H](c3cccs3)[C@H]1C=C(C=O)[C@H]2c1cccs1. The van der Waals surface area contributed by atoms with Crippen LogP contribution in [0.4, 0.5) is 5.69 Å². The molecule has 2 aromatic heterocycles. The van der Waals surface area contributed by atoms with E-state index < -0.39 is 46.6 Å². The van der Waals surface area contributed by atoms with Crippen LogP contribution in [0.3, 0.4) is 0 Å². The van der Waals surface area contributed by atoms with Gasteiger partial charge in [0.05, 0.1) is 5.41 Å². The number of benzene rings is 1. The number of ketones is 1. The van der Waals surface area contributed by atoms with Crippen LogP contribution in [0.5, 0.6) is 0 Å². The van der Waals surface area contributed by atoms with Gasteiger partial charge in [0.1, 0.15) is 17.8 Å². The Labute approximate surface area is 235 Å². The number of rotatable bonds is 4. The first-order valence-corrected chi connectivity index (χ1v) is 14.7. The van der Waals surface area contributed by atoms with E-state index in [0.29, 0.717) is 5.57 Å². The van der Waals surface area contributed by atoms with Crippen molar-refractivity contribution in [1.29, 1.82) is 0 Å². The number of fused-ring (bicyclic) bond motifs is 4. The molecular formula is C31H29NO5S2. The van der Waals surface area contributed by atoms with Gasteiger partial charge in [-0.25, -0.2) is 0 Å². The Kier molecular flexibility index (Phi) is 6.04. The first-order valence-electron chi connectivity index (χ1n) is 13.0. The molecule has 39 heavy (non-hydrogen) atoms. The standard InChI is InChI=1S/C31H29NO5S2/c1-30(2,3)37-28(35)24-23(21-11-7-13-38-21)18-15-17(16-33)25(22-12-8-14-39-22)31(26(18)27(24)34)19-9-5-6-10-20(19)32(4)29(31)36/h5-16,18,23-26H,1-4H3/t18-,23+,24+,25+,26+,31+/m1/s1. The summed E-state index contributed by atoms with van der Waals surface area (Å²) in [7, 11) is 1.72. The van der Waals surface area contributed by atoms with Crippen molar-refractivity contribution >= 4 is 52.3 Å². The molecule has 200 valence electrons. The van der Waals surface area contributed by atoms with Crippen LogP contribution >= 0.6 is 22.7 Å². The molecule has 1 saturated carbocycles. The molecule has 0 radical (unpaired) electrons. The van der Waals surface area contributed by atoms with Crippen molar-refractivity contribution in [3.8, 4) is 0 Å². The molecule has 2 aliphatic carbocycles. The first-order chi connectivity index (χ1) is 18.6. The van der Waals surface area contributed by atoms with Gasteiger partial charge in [0.15, 0.2) is 5.78 Å². The Hall–Kier alpha value is -3.36. The number of carbonyl (C=O) groups is 4. The third-order valence-corrected chi connectivity index (χ3v) is 10.2. The van der Waals surface area contributed by atoms with E-state index >= 15 is 0 Å². The third-order valence-electron chi connectivity index (χ3n) is 8.30. The van der Waals surface area contributed by atoms with Crippen LogP contribution in [-0.2, 0) is 29.3 Å². The van der Waals surface area contributed by atoms with E-state index in [1.807, 2.05) is 65.4 Å². The topological polar surface area (TPSA) is 80.8 Å². The number of amides is 1. The van der Waals surface area contributed by atoms with Gasteiger partial charge in [-0.3, -0.25) is 19.2 Å². The molecule has 6 nitrogen and oxygen atoms in total. The number of Topliss-reactive ketones (excluding diaryl/α,β-unsaturated/α-hetero) is 1. The third kappa shape index (κ3) is 3.64. The highest BCUT2D eigenvalue weighted by molar-refractivity contribution is 7.10. The molecule has 8 heteroatoms. The summed E-state index contributed by atoms with van der Waals surface area (Å²) in [4.78, 5) is 59.2. The van der Waals surface area contributed by atoms with Crippen molar-refractivity contribution in [2.45, 2.75) is 43.6 Å². The van der Waals surface area contributed by atoms with Gasteiger partial charge in [-0.05, 0) is 66.8 Å². The van der Waals surface area contributed by atoms with Crippen LogP contribution in [0.25, 0.3) is 0 Å². The summed E-state index contributed by atoms with van der Waals surface area (Å²) >= 11 is 2.94. The molecule has 3 heterocycles. The second-order valence-electron chi connectivity index (χ2n) is 11.5. The molecule has 0 N–H and O–H groups in total. The molecular weight excluding hydrogens is 530 g/mol. The second-order valence-corrected chi connectivity index (χ2v) is 13.5. The molecule has 1 spiro atoms. The van der Waals surface area contributed by atoms with E-state index in [2.05, 4.69) is 0 Å². The summed E-state index contributed by atoms with van der Waals surface area (Å²) < 4.78 is 5.81. The summed E-state index contributed by atoms with van der Waals surface area (Å²) in [6.07, 6.45) is 2.70. The normalized spacial score (nSPS) is 29.8. The van der Waals surface area contributed by atoms with E-state index in [9.17, 15) is 19.2 Å². The number of esters is 1. The van der Waals surface area contributed by atoms with Crippen LogP contribution in [0.2, 0.25) is 0 Å². The van der Waals surface area contributed by atoms with Crippen molar-refractivity contribution in [3.63, 3.8) is 0 Å². The lowest BCUT2D eigenvalue weighted by atomic mass is 9.54. The van der Waals surface area contributed by atoms with Crippen molar-refractivity contribution < 1.29 is 23.9 Å². The number of likely N-dealkylation sites (N-methyl/N-ethyl adjacent to an activating group) is 1. The average molecular weight is 560 g/mol. The predicted octanol–water partition coefficient (Wildman–Crippen LogP) is 5.50. The zero-order valence-electron chi connectivity index (χ0n) is 22.1. The lowest BCUT2D eigenvalue weighted by Gasteiger charge is -2.46. The monoisotopic (exact) mass is 559 g/mol. The Morgan fingerprint density at radius 2 is 1.67 bits per heavy atom. The summed E-state index contributed by atoms with van der Waals surface area (Å²) in [6.45, 7) is 5.34. The molecule has 1 amide bonds. The number of anilines is 1. The molecule has 1 fully saturated rings. The van der Waals surface area contributed by atoms with E-state index in [0.717, 1.165) is 27.3 Å².